The van der Waals surface area contributed by atoms with Gasteiger partial charge in [0, 0.05) is 0 Å². The standard InChI is InChI=1S/C15H16F2N2O2/c1-4-13-14(9(3)21-19-13)15(20)18-8(2)10-5-6-11(16)12(17)7-10/h5-8H,4H2,1-3H3,(H,18,20)/t8-/m0/s1. The van der Waals surface area contributed by atoms with Gasteiger partial charge in [-0.1, -0.05) is 18.1 Å². The second kappa shape index (κ2) is 6.03. The number of benzene rings is 1. The summed E-state index contributed by atoms with van der Waals surface area (Å²) in [4.78, 5) is 12.3. The van der Waals surface area contributed by atoms with Crippen molar-refractivity contribution in [3.63, 3.8) is 0 Å². The number of nitrogens with one attached hydrogen (secondary N) is 1. The molecule has 0 saturated heterocycles. The maximum Gasteiger partial charge on any atom is 0.257 e. The molecule has 0 unspecified atom stereocenters. The monoisotopic (exact) mass is 294 g/mol. The van der Waals surface area contributed by atoms with Crippen molar-refractivity contribution < 1.29 is 18.1 Å². The van der Waals surface area contributed by atoms with Crippen LogP contribution in [0.1, 0.15) is 47.3 Å². The molecule has 0 bridgehead atoms. The van der Waals surface area contributed by atoms with Crippen LogP contribution in [-0.4, -0.2) is 11.1 Å². The summed E-state index contributed by atoms with van der Waals surface area (Å²) in [5.41, 5.74) is 1.45. The van der Waals surface area contributed by atoms with E-state index in [1.54, 1.807) is 13.8 Å². The molecule has 1 aromatic carbocycles. The Balaban J connectivity index is 2.18. The fourth-order valence-corrected chi connectivity index (χ4v) is 2.08. The predicted molar refractivity (Wildman–Crippen MR) is 72.9 cm³/mol. The number of aryl methyl sites for hydroxylation is 2. The Labute approximate surface area is 121 Å². The van der Waals surface area contributed by atoms with Crippen molar-refractivity contribution in [3.05, 3.63) is 52.4 Å². The summed E-state index contributed by atoms with van der Waals surface area (Å²) in [7, 11) is 0. The molecule has 1 heterocycles. The number of amides is 1. The first-order chi connectivity index (χ1) is 9.93. The van der Waals surface area contributed by atoms with Crippen LogP contribution in [0.25, 0.3) is 0 Å². The Kier molecular flexibility index (Phi) is 4.35. The Morgan fingerprint density at radius 1 is 1.38 bits per heavy atom. The van der Waals surface area contributed by atoms with E-state index in [9.17, 15) is 13.6 Å². The number of carbonyl (C=O) groups excluding carboxylic acids is 1. The molecule has 0 saturated carbocycles. The van der Waals surface area contributed by atoms with Crippen molar-refractivity contribution in [2.45, 2.75) is 33.2 Å². The summed E-state index contributed by atoms with van der Waals surface area (Å²) in [6.45, 7) is 5.22. The molecule has 112 valence electrons. The van der Waals surface area contributed by atoms with Gasteiger partial charge in [-0.25, -0.2) is 8.78 Å². The van der Waals surface area contributed by atoms with Crippen LogP contribution in [0.2, 0.25) is 0 Å². The summed E-state index contributed by atoms with van der Waals surface area (Å²) in [5.74, 6) is -1.77. The lowest BCUT2D eigenvalue weighted by Crippen LogP contribution is -2.27. The van der Waals surface area contributed by atoms with E-state index >= 15 is 0 Å². The first kappa shape index (κ1) is 15.2. The Bertz CT molecular complexity index is 668. The van der Waals surface area contributed by atoms with E-state index in [2.05, 4.69) is 10.5 Å². The number of hydrogen-bond acceptors (Lipinski definition) is 3. The highest BCUT2D eigenvalue weighted by Gasteiger charge is 2.21. The fourth-order valence-electron chi connectivity index (χ4n) is 2.08. The van der Waals surface area contributed by atoms with Crippen LogP contribution >= 0.6 is 0 Å². The van der Waals surface area contributed by atoms with Crippen molar-refractivity contribution in [2.24, 2.45) is 0 Å². The minimum Gasteiger partial charge on any atom is -0.361 e. The molecular weight excluding hydrogens is 278 g/mol. The molecule has 0 aliphatic heterocycles. The lowest BCUT2D eigenvalue weighted by Gasteiger charge is -2.14. The van der Waals surface area contributed by atoms with Gasteiger partial charge in [0.15, 0.2) is 11.6 Å². The van der Waals surface area contributed by atoms with Gasteiger partial charge in [0.05, 0.1) is 11.7 Å². The first-order valence-corrected chi connectivity index (χ1v) is 6.65. The fraction of sp³-hybridized carbons (Fsp3) is 0.333. The van der Waals surface area contributed by atoms with E-state index < -0.39 is 17.7 Å². The van der Waals surface area contributed by atoms with Crippen LogP contribution in [0.3, 0.4) is 0 Å². The van der Waals surface area contributed by atoms with Gasteiger partial charge in [0.25, 0.3) is 5.91 Å². The van der Waals surface area contributed by atoms with Gasteiger partial charge < -0.3 is 9.84 Å². The van der Waals surface area contributed by atoms with E-state index in [4.69, 9.17) is 4.52 Å². The quantitative estimate of drug-likeness (QED) is 0.941. The van der Waals surface area contributed by atoms with Crippen molar-refractivity contribution in [2.75, 3.05) is 0 Å². The molecule has 0 radical (unpaired) electrons. The zero-order chi connectivity index (χ0) is 15.6. The maximum absolute atomic E-state index is 13.2. The molecule has 1 N–H and O–H groups in total. The Morgan fingerprint density at radius 3 is 2.71 bits per heavy atom. The minimum atomic E-state index is -0.941. The van der Waals surface area contributed by atoms with E-state index in [0.29, 0.717) is 29.0 Å². The smallest absolute Gasteiger partial charge is 0.257 e. The SMILES string of the molecule is CCc1noc(C)c1C(=O)N[C@@H](C)c1ccc(F)c(F)c1. The summed E-state index contributed by atoms with van der Waals surface area (Å²) in [6.07, 6.45) is 0.569. The average molecular weight is 294 g/mol. The molecule has 0 aliphatic rings. The predicted octanol–water partition coefficient (Wildman–Crippen LogP) is 3.31. The second-order valence-corrected chi connectivity index (χ2v) is 4.78. The first-order valence-electron chi connectivity index (χ1n) is 6.65. The molecule has 0 aliphatic carbocycles. The van der Waals surface area contributed by atoms with E-state index in [0.717, 1.165) is 12.1 Å². The minimum absolute atomic E-state index is 0.345. The molecule has 1 atom stereocenters. The Morgan fingerprint density at radius 2 is 2.10 bits per heavy atom. The van der Waals surface area contributed by atoms with E-state index in [-0.39, 0.29) is 5.91 Å². The van der Waals surface area contributed by atoms with Crippen LogP contribution < -0.4 is 5.32 Å². The summed E-state index contributed by atoms with van der Waals surface area (Å²) in [5, 5.41) is 6.55. The number of carbonyl (C=O) groups is 1. The topological polar surface area (TPSA) is 55.1 Å². The lowest BCUT2D eigenvalue weighted by molar-refractivity contribution is 0.0937. The number of aromatic nitrogens is 1. The molecule has 2 aromatic rings. The van der Waals surface area contributed by atoms with Gasteiger partial charge in [-0.15, -0.1) is 0 Å². The van der Waals surface area contributed by atoms with E-state index in [1.807, 2.05) is 6.92 Å². The molecular formula is C15H16F2N2O2. The van der Waals surface area contributed by atoms with Crippen LogP contribution in [0.5, 0.6) is 0 Å². The molecule has 0 fully saturated rings. The number of hydrogen-bond donors (Lipinski definition) is 1. The molecule has 1 amide bonds. The second-order valence-electron chi connectivity index (χ2n) is 4.78. The van der Waals surface area contributed by atoms with Gasteiger partial charge in [0.1, 0.15) is 11.3 Å². The van der Waals surface area contributed by atoms with Crippen molar-refractivity contribution in [1.82, 2.24) is 10.5 Å². The van der Waals surface area contributed by atoms with Gasteiger partial charge >= 0.3 is 0 Å². The highest BCUT2D eigenvalue weighted by molar-refractivity contribution is 5.96. The van der Waals surface area contributed by atoms with Crippen LogP contribution in [0.15, 0.2) is 22.7 Å². The third-order valence-electron chi connectivity index (χ3n) is 3.29. The summed E-state index contributed by atoms with van der Waals surface area (Å²) >= 11 is 0. The number of nitrogens with zero attached hydrogens (tertiary/aromatic N) is 1. The van der Waals surface area contributed by atoms with Crippen LogP contribution in [-0.2, 0) is 6.42 Å². The van der Waals surface area contributed by atoms with Crippen molar-refractivity contribution >= 4 is 5.91 Å². The Hall–Kier alpha value is -2.24. The van der Waals surface area contributed by atoms with Crippen LogP contribution in [0.4, 0.5) is 8.78 Å². The highest BCUT2D eigenvalue weighted by Crippen LogP contribution is 2.19. The highest BCUT2D eigenvalue weighted by atomic mass is 19.2. The van der Waals surface area contributed by atoms with Gasteiger partial charge in [-0.3, -0.25) is 4.79 Å². The van der Waals surface area contributed by atoms with Crippen molar-refractivity contribution in [1.29, 1.82) is 0 Å². The molecule has 2 rings (SSSR count). The van der Waals surface area contributed by atoms with Gasteiger partial charge in [-0.2, -0.15) is 0 Å². The molecule has 21 heavy (non-hydrogen) atoms. The average Bonchev–Trinajstić information content (AvgIpc) is 2.82. The lowest BCUT2D eigenvalue weighted by atomic mass is 10.1. The van der Waals surface area contributed by atoms with Crippen LogP contribution in [0, 0.1) is 18.6 Å². The third-order valence-corrected chi connectivity index (χ3v) is 3.29. The molecule has 1 aromatic heterocycles. The van der Waals surface area contributed by atoms with Crippen molar-refractivity contribution in [3.8, 4) is 0 Å². The molecule has 6 heteroatoms. The van der Waals surface area contributed by atoms with Gasteiger partial charge in [0.2, 0.25) is 0 Å². The third kappa shape index (κ3) is 3.09. The number of halogens is 2. The summed E-state index contributed by atoms with van der Waals surface area (Å²) in [6, 6.07) is 3.08. The van der Waals surface area contributed by atoms with E-state index in [1.165, 1.54) is 6.07 Å². The van der Waals surface area contributed by atoms with Gasteiger partial charge in [-0.05, 0) is 38.0 Å². The molecule has 4 nitrogen and oxygen atoms in total. The zero-order valence-corrected chi connectivity index (χ0v) is 12.0. The zero-order valence-electron chi connectivity index (χ0n) is 12.0. The summed E-state index contributed by atoms with van der Waals surface area (Å²) < 4.78 is 31.1. The number of rotatable bonds is 4. The molecule has 0 spiro atoms. The normalized spacial score (nSPS) is 12.2. The maximum atomic E-state index is 13.2. The largest absolute Gasteiger partial charge is 0.361 e.